The number of carbonyl (C=O) groups excluding carboxylic acids is 2. The van der Waals surface area contributed by atoms with Crippen molar-refractivity contribution in [1.29, 1.82) is 0 Å². The van der Waals surface area contributed by atoms with Gasteiger partial charge in [0.2, 0.25) is 5.91 Å². The molecule has 0 spiro atoms. The minimum Gasteiger partial charge on any atom is -0.481 e. The Kier molecular flexibility index (Phi) is 8.05. The van der Waals surface area contributed by atoms with Gasteiger partial charge in [-0.3, -0.25) is 9.59 Å². The quantitative estimate of drug-likeness (QED) is 0.601. The van der Waals surface area contributed by atoms with Gasteiger partial charge in [0, 0.05) is 4.47 Å². The number of alkyl carbamates (subject to hydrolysis) is 1. The molecule has 3 N–H and O–H groups in total. The Bertz CT molecular complexity index is 735. The van der Waals surface area contributed by atoms with Crippen LogP contribution in [0.4, 0.5) is 4.79 Å². The lowest BCUT2D eigenvalue weighted by Gasteiger charge is -2.24. The lowest BCUT2D eigenvalue weighted by Crippen LogP contribution is -2.41. The maximum Gasteiger partial charge on any atom is 0.408 e. The highest BCUT2D eigenvalue weighted by atomic mass is 79.9. The summed E-state index contributed by atoms with van der Waals surface area (Å²) in [4.78, 5) is 35.2. The molecule has 28 heavy (non-hydrogen) atoms. The zero-order valence-electron chi connectivity index (χ0n) is 17.2. The standard InChI is InChI=1S/C20H29BrN2O5/c1-19(2,3)13-7-12(8-14(21)9-13)15(10-17(25)26)23-16(24)11-22-18(27)28-20(4,5)6/h7-9,15H,10-11H2,1-6H3,(H,22,27)(H,23,24)(H,25,26). The van der Waals surface area contributed by atoms with Crippen LogP contribution >= 0.6 is 15.9 Å². The van der Waals surface area contributed by atoms with Crippen molar-refractivity contribution in [3.05, 3.63) is 33.8 Å². The van der Waals surface area contributed by atoms with E-state index >= 15 is 0 Å². The van der Waals surface area contributed by atoms with Crippen molar-refractivity contribution in [2.45, 2.75) is 65.0 Å². The molecule has 0 bridgehead atoms. The molecular formula is C20H29BrN2O5. The molecule has 2 amide bonds. The highest BCUT2D eigenvalue weighted by molar-refractivity contribution is 9.10. The summed E-state index contributed by atoms with van der Waals surface area (Å²) in [5.74, 6) is -1.54. The van der Waals surface area contributed by atoms with Crippen LogP contribution in [0, 0.1) is 0 Å². The Morgan fingerprint density at radius 3 is 2.21 bits per heavy atom. The number of carboxylic acids is 1. The first-order valence-electron chi connectivity index (χ1n) is 8.96. The first-order valence-corrected chi connectivity index (χ1v) is 9.75. The van der Waals surface area contributed by atoms with Crippen molar-refractivity contribution in [2.24, 2.45) is 0 Å². The summed E-state index contributed by atoms with van der Waals surface area (Å²) >= 11 is 3.45. The molecule has 0 saturated heterocycles. The number of ether oxygens (including phenoxy) is 1. The maximum absolute atomic E-state index is 12.3. The molecule has 0 saturated carbocycles. The number of aliphatic carboxylic acids is 1. The van der Waals surface area contributed by atoms with Crippen LogP contribution in [0.5, 0.6) is 0 Å². The molecule has 1 atom stereocenters. The molecular weight excluding hydrogens is 428 g/mol. The molecule has 7 nitrogen and oxygen atoms in total. The highest BCUT2D eigenvalue weighted by Crippen LogP contribution is 2.30. The van der Waals surface area contributed by atoms with E-state index in [-0.39, 0.29) is 18.4 Å². The first-order chi connectivity index (χ1) is 12.7. The summed E-state index contributed by atoms with van der Waals surface area (Å²) in [5, 5.41) is 14.3. The number of rotatable bonds is 6. The molecule has 1 rings (SSSR count). The smallest absolute Gasteiger partial charge is 0.408 e. The number of carbonyl (C=O) groups is 3. The van der Waals surface area contributed by atoms with Gasteiger partial charge in [0.25, 0.3) is 0 Å². The Labute approximate surface area is 174 Å². The van der Waals surface area contributed by atoms with Gasteiger partial charge >= 0.3 is 12.1 Å². The summed E-state index contributed by atoms with van der Waals surface area (Å²) in [7, 11) is 0. The van der Waals surface area contributed by atoms with Gasteiger partial charge in [-0.15, -0.1) is 0 Å². The number of hydrogen-bond acceptors (Lipinski definition) is 4. The number of hydrogen-bond donors (Lipinski definition) is 3. The van der Waals surface area contributed by atoms with Crippen LogP contribution in [-0.2, 0) is 19.7 Å². The summed E-state index contributed by atoms with van der Waals surface area (Å²) in [6.45, 7) is 11.0. The third kappa shape index (κ3) is 8.73. The normalized spacial score (nSPS) is 12.8. The summed E-state index contributed by atoms with van der Waals surface area (Å²) in [5.41, 5.74) is 0.862. The zero-order valence-corrected chi connectivity index (χ0v) is 18.8. The molecule has 0 radical (unpaired) electrons. The average Bonchev–Trinajstić information content (AvgIpc) is 2.48. The van der Waals surface area contributed by atoms with Crippen LogP contribution in [-0.4, -0.2) is 35.2 Å². The number of benzene rings is 1. The second-order valence-electron chi connectivity index (χ2n) is 8.60. The molecule has 1 unspecified atom stereocenters. The second kappa shape index (κ2) is 9.41. The topological polar surface area (TPSA) is 105 Å². The van der Waals surface area contributed by atoms with Crippen LogP contribution < -0.4 is 10.6 Å². The van der Waals surface area contributed by atoms with E-state index < -0.39 is 29.6 Å². The van der Waals surface area contributed by atoms with Crippen molar-refractivity contribution < 1.29 is 24.2 Å². The number of amides is 2. The predicted octanol–water partition coefficient (Wildman–Crippen LogP) is 3.90. The van der Waals surface area contributed by atoms with E-state index in [1.165, 1.54) is 0 Å². The van der Waals surface area contributed by atoms with E-state index in [4.69, 9.17) is 4.74 Å². The first kappa shape index (κ1) is 23.9. The van der Waals surface area contributed by atoms with Gasteiger partial charge < -0.3 is 20.5 Å². The monoisotopic (exact) mass is 456 g/mol. The number of halogens is 1. The molecule has 0 heterocycles. The maximum atomic E-state index is 12.3. The SMILES string of the molecule is CC(C)(C)OC(=O)NCC(=O)NC(CC(=O)O)c1cc(Br)cc(C(C)(C)C)c1. The second-order valence-corrected chi connectivity index (χ2v) is 9.51. The van der Waals surface area contributed by atoms with Gasteiger partial charge in [0.05, 0.1) is 12.5 Å². The molecule has 1 aromatic carbocycles. The van der Waals surface area contributed by atoms with E-state index in [1.807, 2.05) is 32.9 Å². The van der Waals surface area contributed by atoms with E-state index in [0.717, 1.165) is 10.0 Å². The van der Waals surface area contributed by atoms with Gasteiger partial charge in [-0.25, -0.2) is 4.79 Å². The van der Waals surface area contributed by atoms with Gasteiger partial charge in [-0.05, 0) is 49.4 Å². The molecule has 0 aliphatic rings. The van der Waals surface area contributed by atoms with Crippen molar-refractivity contribution in [2.75, 3.05) is 6.54 Å². The van der Waals surface area contributed by atoms with Crippen molar-refractivity contribution >= 4 is 33.9 Å². The fraction of sp³-hybridized carbons (Fsp3) is 0.550. The molecule has 1 aromatic rings. The molecule has 0 aliphatic heterocycles. The van der Waals surface area contributed by atoms with Crippen molar-refractivity contribution in [3.63, 3.8) is 0 Å². The van der Waals surface area contributed by atoms with Gasteiger partial charge in [-0.1, -0.05) is 42.8 Å². The van der Waals surface area contributed by atoms with Crippen LogP contribution in [0.15, 0.2) is 22.7 Å². The Morgan fingerprint density at radius 2 is 1.71 bits per heavy atom. The van der Waals surface area contributed by atoms with Gasteiger partial charge in [-0.2, -0.15) is 0 Å². The average molecular weight is 457 g/mol. The van der Waals surface area contributed by atoms with Crippen LogP contribution in [0.3, 0.4) is 0 Å². The molecule has 156 valence electrons. The molecule has 0 fully saturated rings. The third-order valence-corrected chi connectivity index (χ3v) is 4.15. The Hall–Kier alpha value is -2.09. The lowest BCUT2D eigenvalue weighted by atomic mass is 9.85. The van der Waals surface area contributed by atoms with Crippen LogP contribution in [0.2, 0.25) is 0 Å². The van der Waals surface area contributed by atoms with Crippen molar-refractivity contribution in [3.8, 4) is 0 Å². The summed E-state index contributed by atoms with van der Waals surface area (Å²) in [6, 6.07) is 4.90. The van der Waals surface area contributed by atoms with E-state index in [2.05, 4.69) is 26.6 Å². The third-order valence-electron chi connectivity index (χ3n) is 3.69. The minimum absolute atomic E-state index is 0.144. The zero-order chi connectivity index (χ0) is 21.7. The Balaban J connectivity index is 2.92. The van der Waals surface area contributed by atoms with Gasteiger partial charge in [0.15, 0.2) is 0 Å². The largest absolute Gasteiger partial charge is 0.481 e. The van der Waals surface area contributed by atoms with Crippen molar-refractivity contribution in [1.82, 2.24) is 10.6 Å². The Morgan fingerprint density at radius 1 is 1.11 bits per heavy atom. The number of carboxylic acid groups (broad SMARTS) is 1. The fourth-order valence-corrected chi connectivity index (χ4v) is 2.90. The predicted molar refractivity (Wildman–Crippen MR) is 110 cm³/mol. The fourth-order valence-electron chi connectivity index (χ4n) is 2.39. The molecule has 8 heteroatoms. The molecule has 0 aliphatic carbocycles. The molecule has 0 aromatic heterocycles. The van der Waals surface area contributed by atoms with Gasteiger partial charge in [0.1, 0.15) is 12.1 Å². The summed E-state index contributed by atoms with van der Waals surface area (Å²) in [6.07, 6.45) is -0.993. The van der Waals surface area contributed by atoms with E-state index in [1.54, 1.807) is 26.8 Å². The van der Waals surface area contributed by atoms with Crippen LogP contribution in [0.1, 0.15) is 65.1 Å². The van der Waals surface area contributed by atoms with Crippen LogP contribution in [0.25, 0.3) is 0 Å². The number of nitrogens with one attached hydrogen (secondary N) is 2. The van der Waals surface area contributed by atoms with E-state index in [0.29, 0.717) is 5.56 Å². The summed E-state index contributed by atoms with van der Waals surface area (Å²) < 4.78 is 5.88. The lowest BCUT2D eigenvalue weighted by molar-refractivity contribution is -0.137. The van der Waals surface area contributed by atoms with E-state index in [9.17, 15) is 19.5 Å². The minimum atomic E-state index is -1.04. The highest BCUT2D eigenvalue weighted by Gasteiger charge is 2.23.